The number of carbonyl (C=O) groups is 2. The molecule has 4 heterocycles. The van der Waals surface area contributed by atoms with E-state index in [2.05, 4.69) is 85.4 Å². The Hall–Kier alpha value is -5.18. The molecule has 2 aliphatic rings. The Labute approximate surface area is 432 Å². The van der Waals surface area contributed by atoms with Crippen LogP contribution >= 0.6 is 0 Å². The Morgan fingerprint density at radius 1 is 0.757 bits per heavy atom. The number of rotatable bonds is 20. The summed E-state index contributed by atoms with van der Waals surface area (Å²) in [7, 11) is -10.3. The number of aliphatic hydroxyl groups excluding tert-OH is 2. The van der Waals surface area contributed by atoms with Crippen molar-refractivity contribution in [2.75, 3.05) is 43.5 Å². The van der Waals surface area contributed by atoms with Gasteiger partial charge in [0.05, 0.1) is 54.1 Å². The van der Waals surface area contributed by atoms with Gasteiger partial charge in [0, 0.05) is 54.0 Å². The number of hydrogen-bond donors (Lipinski definition) is 6. The van der Waals surface area contributed by atoms with Crippen molar-refractivity contribution in [3.8, 4) is 0 Å². The van der Waals surface area contributed by atoms with Gasteiger partial charge in [0.2, 0.25) is 0 Å². The molecular formula is C45H70F3N11O11S2Si2. The molecule has 4 aromatic heterocycles. The molecule has 22 nitrogen and oxygen atoms in total. The van der Waals surface area contributed by atoms with Crippen LogP contribution in [0.15, 0.2) is 30.9 Å². The van der Waals surface area contributed by atoms with Gasteiger partial charge in [-0.25, -0.2) is 59.7 Å². The van der Waals surface area contributed by atoms with E-state index < -0.39 is 101 Å². The van der Waals surface area contributed by atoms with Crippen LogP contribution in [0.5, 0.6) is 0 Å². The number of sulfone groups is 2. The van der Waals surface area contributed by atoms with Gasteiger partial charge in [0.15, 0.2) is 22.7 Å². The number of nitrogens with zero attached hydrogens (tertiary/aromatic N) is 8. The Morgan fingerprint density at radius 3 is 1.59 bits per heavy atom. The predicted octanol–water partition coefficient (Wildman–Crippen LogP) is 5.10. The highest BCUT2D eigenvalue weighted by Gasteiger charge is 2.40. The quantitative estimate of drug-likeness (QED) is 0.0436. The molecule has 412 valence electrons. The molecule has 0 radical (unpaired) electrons. The van der Waals surface area contributed by atoms with E-state index in [1.54, 1.807) is 0 Å². The fraction of sp³-hybridized carbons (Fsp3) is 0.600. The van der Waals surface area contributed by atoms with Crippen molar-refractivity contribution in [1.29, 1.82) is 0 Å². The Bertz CT molecular complexity index is 2990. The topological polar surface area (TPSA) is 305 Å². The molecule has 2 saturated carbocycles. The first-order valence-electron chi connectivity index (χ1n) is 23.9. The summed E-state index contributed by atoms with van der Waals surface area (Å²) < 4.78 is 105. The monoisotopic (exact) mass is 1120 g/mol. The van der Waals surface area contributed by atoms with Crippen LogP contribution in [0.2, 0.25) is 51.4 Å². The number of benzene rings is 1. The number of carboxylic acids is 1. The van der Waals surface area contributed by atoms with Crippen LogP contribution in [0.25, 0.3) is 22.1 Å². The van der Waals surface area contributed by atoms with Crippen molar-refractivity contribution in [1.82, 2.24) is 44.8 Å². The zero-order valence-corrected chi connectivity index (χ0v) is 45.6. The predicted molar refractivity (Wildman–Crippen MR) is 280 cm³/mol. The van der Waals surface area contributed by atoms with E-state index >= 15 is 0 Å². The highest BCUT2D eigenvalue weighted by atomic mass is 32.2. The molecule has 1 amide bonds. The Balaban J connectivity index is 0.000000313. The third-order valence-corrected chi connectivity index (χ3v) is 18.8. The zero-order chi connectivity index (χ0) is 54.9. The molecule has 7 rings (SSSR count). The lowest BCUT2D eigenvalue weighted by atomic mass is 10.2. The average molecular weight is 1120 g/mol. The number of halogens is 3. The number of aliphatic hydroxyl groups is 2. The van der Waals surface area contributed by atoms with Gasteiger partial charge in [0.1, 0.15) is 69.1 Å². The lowest BCUT2D eigenvalue weighted by Crippen LogP contribution is -2.29. The van der Waals surface area contributed by atoms with Crippen LogP contribution in [-0.4, -0.2) is 167 Å². The molecule has 0 saturated heterocycles. The Kier molecular flexibility index (Phi) is 20.6. The van der Waals surface area contributed by atoms with Crippen LogP contribution in [0.4, 0.5) is 24.8 Å². The minimum absolute atomic E-state index is 0. The van der Waals surface area contributed by atoms with Gasteiger partial charge in [0.25, 0.3) is 5.91 Å². The fourth-order valence-electron chi connectivity index (χ4n) is 8.02. The number of fused-ring (bicyclic) bond motifs is 2. The Morgan fingerprint density at radius 2 is 1.19 bits per heavy atom. The number of ether oxygens (including phenoxy) is 2. The zero-order valence-electron chi connectivity index (χ0n) is 43.0. The summed E-state index contributed by atoms with van der Waals surface area (Å²) in [5.41, 5.74) is 0.201. The van der Waals surface area contributed by atoms with Crippen LogP contribution in [0.3, 0.4) is 0 Å². The van der Waals surface area contributed by atoms with Crippen LogP contribution in [-0.2, 0) is 49.2 Å². The van der Waals surface area contributed by atoms with Crippen molar-refractivity contribution < 1.29 is 65.8 Å². The van der Waals surface area contributed by atoms with Crippen molar-refractivity contribution >= 4 is 81.4 Å². The number of carbonyl (C=O) groups excluding carboxylic acids is 1. The first kappa shape index (κ1) is 59.7. The van der Waals surface area contributed by atoms with Gasteiger partial charge in [-0.3, -0.25) is 9.18 Å². The minimum Gasteiger partial charge on any atom is -0.476 e. The molecule has 2 fully saturated rings. The van der Waals surface area contributed by atoms with E-state index in [0.717, 1.165) is 42.8 Å². The molecule has 6 atom stereocenters. The van der Waals surface area contributed by atoms with Gasteiger partial charge in [-0.05, 0) is 56.0 Å². The van der Waals surface area contributed by atoms with Gasteiger partial charge >= 0.3 is 5.97 Å². The van der Waals surface area contributed by atoms with E-state index in [4.69, 9.17) is 10.8 Å². The summed E-state index contributed by atoms with van der Waals surface area (Å²) in [5.74, 6) is -2.88. The maximum atomic E-state index is 14.1. The maximum Gasteiger partial charge on any atom is 0.357 e. The standard InChI is InChI=1S/C25H34F2N6O5SSi.C18H29N5O6SSi.CH3F.CH4/c1-39(36,37)17-10-19(20(34)11-17)31-23-21-22(25(35)28-12-15-9-16(26)5-6-18(15)27)32-33(24(21)30-13-29-23)14-38-7-8-40(2,3)4;1-30(27,28)11-7-12(13(24)8-11)21-16-14-15(18(25)26)22-23(17(14)20-9-19-16)10-29-5-6-31(2,3)4;1-2;/h5-6,9,13,17,19-20,34H,7-8,10-12,14H2,1-4H3,(H,28,35)(H,29,30,31);9,11-13,24H,5-8,10H2,1-4H3,(H,25,26)(H,19,20,21);1H3;1H4/t17-,19?,20-;11-,12?,13-;;/m11../s1/i;;1D;. The third-order valence-electron chi connectivity index (χ3n) is 12.2. The van der Waals surface area contributed by atoms with Crippen LogP contribution in [0, 0.1) is 11.6 Å². The number of amides is 1. The fourth-order valence-corrected chi connectivity index (χ4v) is 11.7. The average Bonchev–Trinajstić information content (AvgIpc) is 4.08. The molecule has 29 heteroatoms. The molecule has 0 bridgehead atoms. The minimum atomic E-state index is -3.37. The van der Waals surface area contributed by atoms with Crippen LogP contribution < -0.4 is 16.0 Å². The first-order chi connectivity index (χ1) is 34.5. The van der Waals surface area contributed by atoms with Gasteiger partial charge < -0.3 is 40.7 Å². The summed E-state index contributed by atoms with van der Waals surface area (Å²) in [4.78, 5) is 42.0. The van der Waals surface area contributed by atoms with Gasteiger partial charge in [-0.15, -0.1) is 0 Å². The van der Waals surface area contributed by atoms with E-state index in [-0.39, 0.29) is 104 Å². The number of nitrogens with one attached hydrogen (secondary N) is 3. The second kappa shape index (κ2) is 25.6. The molecule has 6 N–H and O–H groups in total. The smallest absolute Gasteiger partial charge is 0.357 e. The van der Waals surface area contributed by atoms with Crippen LogP contribution in [0.1, 0.15) is 61.0 Å². The molecule has 2 unspecified atom stereocenters. The van der Waals surface area contributed by atoms with E-state index in [0.29, 0.717) is 13.2 Å². The summed E-state index contributed by atoms with van der Waals surface area (Å²) in [6.45, 7) is 14.2. The number of aromatic nitrogens is 8. The second-order valence-corrected chi connectivity index (χ2v) is 36.3. The van der Waals surface area contributed by atoms with E-state index in [9.17, 15) is 54.9 Å². The van der Waals surface area contributed by atoms with E-state index in [1.807, 2.05) is 0 Å². The van der Waals surface area contributed by atoms with Crippen molar-refractivity contribution in [3.05, 3.63) is 59.4 Å². The third kappa shape index (κ3) is 16.4. The summed E-state index contributed by atoms with van der Waals surface area (Å²) >= 11 is 0. The largest absolute Gasteiger partial charge is 0.476 e. The molecule has 2 aliphatic carbocycles. The van der Waals surface area contributed by atoms with Crippen molar-refractivity contribution in [3.63, 3.8) is 0 Å². The molecule has 1 aromatic carbocycles. The van der Waals surface area contributed by atoms with E-state index in [1.165, 1.54) is 22.0 Å². The normalized spacial score (nSPS) is 20.2. The summed E-state index contributed by atoms with van der Waals surface area (Å²) in [6, 6.07) is 3.60. The number of aromatic carboxylic acids is 1. The SMILES string of the molecule is C.C[Si](C)(C)CCOCn1nc(C(=O)NCc2cc(F)ccc2F)c2c(NC3C[C@@H](S(C)(=O)=O)C[C@H]3O)ncnc21.C[Si](C)(C)CCOCn1nc(C(=O)O)c2c(NC3C[C@@H](S(C)(=O)=O)C[C@H]3O)ncnc21.[2H]CF. The lowest BCUT2D eigenvalue weighted by Gasteiger charge is -2.17. The summed E-state index contributed by atoms with van der Waals surface area (Å²) in [5, 5.41) is 46.7. The number of anilines is 2. The number of alkyl halides is 1. The maximum absolute atomic E-state index is 14.1. The highest BCUT2D eigenvalue weighted by molar-refractivity contribution is 7.91. The molecule has 0 aliphatic heterocycles. The summed E-state index contributed by atoms with van der Waals surface area (Å²) in [6.07, 6.45) is 3.48. The first-order valence-corrected chi connectivity index (χ1v) is 34.5. The number of carboxylic acid groups (broad SMARTS) is 1. The van der Waals surface area contributed by atoms with Gasteiger partial charge in [-0.2, -0.15) is 10.2 Å². The van der Waals surface area contributed by atoms with Gasteiger partial charge in [-0.1, -0.05) is 46.7 Å². The number of hydrogen-bond acceptors (Lipinski definition) is 18. The molecular weight excluding hydrogens is 1050 g/mol. The highest BCUT2D eigenvalue weighted by Crippen LogP contribution is 2.33. The molecule has 5 aromatic rings. The van der Waals surface area contributed by atoms with Crippen molar-refractivity contribution in [2.45, 2.75) is 139 Å². The van der Waals surface area contributed by atoms with Crippen molar-refractivity contribution in [2.24, 2.45) is 0 Å². The molecule has 74 heavy (non-hydrogen) atoms. The second-order valence-electron chi connectivity index (χ2n) is 20.4. The lowest BCUT2D eigenvalue weighted by molar-refractivity contribution is 0.0675. The molecule has 0 spiro atoms.